The first-order valence-corrected chi connectivity index (χ1v) is 10.2. The molecule has 30 heavy (non-hydrogen) atoms. The maximum absolute atomic E-state index is 11.0. The Morgan fingerprint density at radius 2 is 2.07 bits per heavy atom. The van der Waals surface area contributed by atoms with E-state index in [9.17, 15) is 9.90 Å². The molecule has 0 spiro atoms. The van der Waals surface area contributed by atoms with Gasteiger partial charge in [-0.05, 0) is 72.2 Å². The summed E-state index contributed by atoms with van der Waals surface area (Å²) >= 11 is 0. The number of benzene rings is 2. The molecule has 2 N–H and O–H groups in total. The minimum absolute atomic E-state index is 0.0639. The van der Waals surface area contributed by atoms with E-state index in [4.69, 9.17) is 14.6 Å². The summed E-state index contributed by atoms with van der Waals surface area (Å²) in [4.78, 5) is 11.0. The Morgan fingerprint density at radius 1 is 1.30 bits per heavy atom. The predicted molar refractivity (Wildman–Crippen MR) is 115 cm³/mol. The normalized spacial score (nSPS) is 16.9. The summed E-state index contributed by atoms with van der Waals surface area (Å²) in [5, 5.41) is 19.1. The molecule has 2 aromatic carbocycles. The number of aromatic hydroxyl groups is 1. The molecule has 0 radical (unpaired) electrons. The Labute approximate surface area is 176 Å². The Morgan fingerprint density at radius 3 is 2.77 bits per heavy atom. The molecule has 0 fully saturated rings. The van der Waals surface area contributed by atoms with Gasteiger partial charge in [-0.25, -0.2) is 0 Å². The second-order valence-corrected chi connectivity index (χ2v) is 8.12. The molecule has 2 aliphatic rings. The Hall–Kier alpha value is -3.21. The molecule has 0 bridgehead atoms. The molecular weight excluding hydrogens is 380 g/mol. The van der Waals surface area contributed by atoms with Gasteiger partial charge in [-0.15, -0.1) is 0 Å². The van der Waals surface area contributed by atoms with Crippen LogP contribution >= 0.6 is 0 Å². The van der Waals surface area contributed by atoms with Crippen molar-refractivity contribution in [1.82, 2.24) is 0 Å². The van der Waals surface area contributed by atoms with Gasteiger partial charge in [0.25, 0.3) is 0 Å². The monoisotopic (exact) mass is 406 g/mol. The number of aryl methyl sites for hydroxylation is 1. The van der Waals surface area contributed by atoms with Crippen LogP contribution < -0.4 is 9.47 Å². The van der Waals surface area contributed by atoms with E-state index in [1.807, 2.05) is 37.3 Å². The van der Waals surface area contributed by atoms with E-state index in [-0.39, 0.29) is 12.3 Å². The molecule has 4 rings (SSSR count). The van der Waals surface area contributed by atoms with Gasteiger partial charge in [0, 0.05) is 17.5 Å². The highest BCUT2D eigenvalue weighted by Gasteiger charge is 2.27. The number of fused-ring (bicyclic) bond motifs is 2. The van der Waals surface area contributed by atoms with Crippen molar-refractivity contribution in [3.05, 3.63) is 70.3 Å². The lowest BCUT2D eigenvalue weighted by atomic mass is 9.79. The molecule has 2 aromatic rings. The second-order valence-electron chi connectivity index (χ2n) is 8.12. The van der Waals surface area contributed by atoms with E-state index < -0.39 is 5.97 Å². The minimum Gasteiger partial charge on any atom is -0.508 e. The first kappa shape index (κ1) is 20.1. The number of hydrogen-bond donors (Lipinski definition) is 2. The molecule has 5 heteroatoms. The van der Waals surface area contributed by atoms with Crippen LogP contribution in [0.25, 0.3) is 5.57 Å². The van der Waals surface area contributed by atoms with E-state index in [0.717, 1.165) is 40.7 Å². The van der Waals surface area contributed by atoms with Crippen molar-refractivity contribution >= 4 is 11.5 Å². The maximum atomic E-state index is 11.0. The number of allylic oxidation sites excluding steroid dienone is 1. The van der Waals surface area contributed by atoms with Crippen LogP contribution in [0.5, 0.6) is 17.2 Å². The summed E-state index contributed by atoms with van der Waals surface area (Å²) in [6, 6.07) is 7.38. The van der Waals surface area contributed by atoms with Crippen molar-refractivity contribution < 1.29 is 24.5 Å². The SMILES string of the molecule is C=C(/C=C(\C)c1c(C)cc(O)c2c1CC2)COc1ccc2c(c1)OC[C@H]2CC(=O)O. The van der Waals surface area contributed by atoms with Crippen LogP contribution in [-0.4, -0.2) is 29.4 Å². The van der Waals surface area contributed by atoms with Crippen LogP contribution in [0.2, 0.25) is 0 Å². The molecule has 0 unspecified atom stereocenters. The van der Waals surface area contributed by atoms with Gasteiger partial charge in [0.1, 0.15) is 23.9 Å². The average Bonchev–Trinajstić information content (AvgIpc) is 3.03. The van der Waals surface area contributed by atoms with E-state index >= 15 is 0 Å². The summed E-state index contributed by atoms with van der Waals surface area (Å²) < 4.78 is 11.5. The lowest BCUT2D eigenvalue weighted by Gasteiger charge is -2.26. The third-order valence-electron chi connectivity index (χ3n) is 5.87. The third kappa shape index (κ3) is 3.80. The van der Waals surface area contributed by atoms with Crippen molar-refractivity contribution in [3.8, 4) is 17.2 Å². The highest BCUT2D eigenvalue weighted by molar-refractivity contribution is 5.75. The molecule has 1 aliphatic carbocycles. The van der Waals surface area contributed by atoms with E-state index in [2.05, 4.69) is 13.5 Å². The number of hydrogen-bond acceptors (Lipinski definition) is 4. The molecule has 0 saturated heterocycles. The number of carboxylic acids is 1. The Bertz CT molecular complexity index is 1060. The van der Waals surface area contributed by atoms with Gasteiger partial charge in [0.15, 0.2) is 0 Å². The van der Waals surface area contributed by atoms with Gasteiger partial charge in [-0.1, -0.05) is 18.7 Å². The topological polar surface area (TPSA) is 76.0 Å². The van der Waals surface area contributed by atoms with Crippen molar-refractivity contribution in [2.24, 2.45) is 0 Å². The number of phenols is 1. The van der Waals surface area contributed by atoms with E-state index in [1.54, 1.807) is 0 Å². The number of ether oxygens (including phenoxy) is 2. The van der Waals surface area contributed by atoms with Gasteiger partial charge in [0.2, 0.25) is 0 Å². The van der Waals surface area contributed by atoms with Crippen LogP contribution in [0.15, 0.2) is 42.5 Å². The largest absolute Gasteiger partial charge is 0.508 e. The van der Waals surface area contributed by atoms with Gasteiger partial charge in [-0.2, -0.15) is 0 Å². The molecule has 0 saturated carbocycles. The van der Waals surface area contributed by atoms with E-state index in [0.29, 0.717) is 30.5 Å². The first-order valence-electron chi connectivity index (χ1n) is 10.2. The van der Waals surface area contributed by atoms with Crippen LogP contribution in [0, 0.1) is 6.92 Å². The maximum Gasteiger partial charge on any atom is 0.304 e. The molecular formula is C25H26O5. The standard InChI is InChI=1S/C25H26O5/c1-14(8-15(2)25-16(3)9-22(26)20-6-7-21(20)25)12-29-18-4-5-19-17(10-24(27)28)13-30-23(19)11-18/h4-5,8-9,11,17,26H,1,6-7,10,12-13H2,2-3H3,(H,27,28)/b15-8+/t17-/m1/s1. The molecule has 5 nitrogen and oxygen atoms in total. The Balaban J connectivity index is 1.42. The molecule has 0 aromatic heterocycles. The van der Waals surface area contributed by atoms with Crippen molar-refractivity contribution in [3.63, 3.8) is 0 Å². The summed E-state index contributed by atoms with van der Waals surface area (Å²) in [5.41, 5.74) is 7.45. The van der Waals surface area contributed by atoms with Crippen LogP contribution in [0.1, 0.15) is 47.1 Å². The molecule has 1 atom stereocenters. The van der Waals surface area contributed by atoms with E-state index in [1.165, 1.54) is 11.1 Å². The average molecular weight is 406 g/mol. The van der Waals surface area contributed by atoms with Crippen LogP contribution in [0.3, 0.4) is 0 Å². The van der Waals surface area contributed by atoms with Gasteiger partial charge in [0.05, 0.1) is 13.0 Å². The van der Waals surface area contributed by atoms with Crippen molar-refractivity contribution in [2.75, 3.05) is 13.2 Å². The molecule has 1 aliphatic heterocycles. The van der Waals surface area contributed by atoms with Gasteiger partial charge < -0.3 is 19.7 Å². The third-order valence-corrected chi connectivity index (χ3v) is 5.87. The van der Waals surface area contributed by atoms with Gasteiger partial charge >= 0.3 is 5.97 Å². The minimum atomic E-state index is -0.825. The van der Waals surface area contributed by atoms with Crippen LogP contribution in [0.4, 0.5) is 0 Å². The fourth-order valence-electron chi connectivity index (χ4n) is 4.41. The lowest BCUT2D eigenvalue weighted by molar-refractivity contribution is -0.137. The first-order chi connectivity index (χ1) is 14.3. The zero-order chi connectivity index (χ0) is 21.4. The van der Waals surface area contributed by atoms with Gasteiger partial charge in [-0.3, -0.25) is 4.79 Å². The zero-order valence-corrected chi connectivity index (χ0v) is 17.3. The number of aliphatic carboxylic acids is 1. The molecule has 1 heterocycles. The predicted octanol–water partition coefficient (Wildman–Crippen LogP) is 4.79. The number of carboxylic acid groups (broad SMARTS) is 1. The van der Waals surface area contributed by atoms with Crippen molar-refractivity contribution in [1.29, 1.82) is 0 Å². The lowest BCUT2D eigenvalue weighted by Crippen LogP contribution is -2.13. The Kier molecular flexibility index (Phi) is 5.29. The second kappa shape index (κ2) is 7.90. The fourth-order valence-corrected chi connectivity index (χ4v) is 4.41. The highest BCUT2D eigenvalue weighted by Crippen LogP contribution is 2.40. The van der Waals surface area contributed by atoms with Crippen molar-refractivity contribution in [2.45, 2.75) is 39.0 Å². The molecule has 156 valence electrons. The highest BCUT2D eigenvalue weighted by atomic mass is 16.5. The molecule has 0 amide bonds. The summed E-state index contributed by atoms with van der Waals surface area (Å²) in [7, 11) is 0. The summed E-state index contributed by atoms with van der Waals surface area (Å²) in [6.07, 6.45) is 4.02. The van der Waals surface area contributed by atoms with Crippen LogP contribution in [-0.2, 0) is 17.6 Å². The summed E-state index contributed by atoms with van der Waals surface area (Å²) in [6.45, 7) is 8.93. The quantitative estimate of drug-likeness (QED) is 0.647. The smallest absolute Gasteiger partial charge is 0.304 e. The zero-order valence-electron chi connectivity index (χ0n) is 17.3. The summed E-state index contributed by atoms with van der Waals surface area (Å²) in [5.74, 6) is 0.821. The number of carbonyl (C=O) groups is 1. The number of phenolic OH excluding ortho intramolecular Hbond substituents is 1. The number of rotatable bonds is 7. The fraction of sp³-hybridized carbons (Fsp3) is 0.320.